The fourth-order valence-electron chi connectivity index (χ4n) is 2.19. The zero-order valence-corrected chi connectivity index (χ0v) is 9.89. The Morgan fingerprint density at radius 1 is 1.50 bits per heavy atom. The number of hydrogen-bond acceptors (Lipinski definition) is 3. The van der Waals surface area contributed by atoms with Crippen LogP contribution in [0.3, 0.4) is 0 Å². The summed E-state index contributed by atoms with van der Waals surface area (Å²) in [6.07, 6.45) is 4.29. The lowest BCUT2D eigenvalue weighted by molar-refractivity contribution is 0.565. The largest absolute Gasteiger partial charge is 0.341 e. The first-order valence-corrected chi connectivity index (χ1v) is 6.58. The molecule has 0 aromatic carbocycles. The van der Waals surface area contributed by atoms with E-state index in [1.165, 1.54) is 11.3 Å². The van der Waals surface area contributed by atoms with Crippen LogP contribution in [0.1, 0.15) is 12.2 Å². The average Bonchev–Trinajstić information content (AvgIpc) is 2.99. The van der Waals surface area contributed by atoms with Crippen molar-refractivity contribution in [1.29, 1.82) is 0 Å². The van der Waals surface area contributed by atoms with Gasteiger partial charge in [0.1, 0.15) is 5.82 Å². The third kappa shape index (κ3) is 2.03. The molecule has 2 N–H and O–H groups in total. The molecule has 1 unspecified atom stereocenters. The van der Waals surface area contributed by atoms with Gasteiger partial charge < -0.3 is 10.3 Å². The molecule has 1 aliphatic rings. The van der Waals surface area contributed by atoms with E-state index in [1.807, 2.05) is 6.20 Å². The highest BCUT2D eigenvalue weighted by atomic mass is 32.1. The van der Waals surface area contributed by atoms with Gasteiger partial charge >= 0.3 is 0 Å². The van der Waals surface area contributed by atoms with Crippen LogP contribution in [0.15, 0.2) is 23.7 Å². The van der Waals surface area contributed by atoms with Crippen LogP contribution in [0.25, 0.3) is 10.6 Å². The van der Waals surface area contributed by atoms with E-state index in [0.29, 0.717) is 0 Å². The molecular formula is C12H15N3S. The van der Waals surface area contributed by atoms with Crippen LogP contribution in [-0.4, -0.2) is 23.1 Å². The van der Waals surface area contributed by atoms with Crippen LogP contribution >= 0.6 is 11.3 Å². The summed E-state index contributed by atoms with van der Waals surface area (Å²) >= 11 is 1.75. The Labute approximate surface area is 98.9 Å². The molecule has 0 saturated carbocycles. The second-order valence-corrected chi connectivity index (χ2v) is 5.23. The molecule has 3 rings (SSSR count). The van der Waals surface area contributed by atoms with E-state index >= 15 is 0 Å². The molecule has 0 amide bonds. The highest BCUT2D eigenvalue weighted by Crippen LogP contribution is 2.23. The minimum atomic E-state index is 0.752. The highest BCUT2D eigenvalue weighted by molar-refractivity contribution is 7.13. The average molecular weight is 233 g/mol. The van der Waals surface area contributed by atoms with Crippen molar-refractivity contribution >= 4 is 11.3 Å². The number of hydrogen-bond donors (Lipinski definition) is 2. The van der Waals surface area contributed by atoms with Crippen LogP contribution in [0.2, 0.25) is 0 Å². The summed E-state index contributed by atoms with van der Waals surface area (Å²) < 4.78 is 0. The summed E-state index contributed by atoms with van der Waals surface area (Å²) in [7, 11) is 0. The van der Waals surface area contributed by atoms with E-state index in [1.54, 1.807) is 11.3 Å². The Morgan fingerprint density at radius 2 is 2.50 bits per heavy atom. The topological polar surface area (TPSA) is 40.7 Å². The lowest BCUT2D eigenvalue weighted by Crippen LogP contribution is -2.11. The van der Waals surface area contributed by atoms with Crippen molar-refractivity contribution in [2.75, 3.05) is 13.1 Å². The number of nitrogens with one attached hydrogen (secondary N) is 2. The maximum Gasteiger partial charge on any atom is 0.106 e. The number of aromatic nitrogens is 2. The first kappa shape index (κ1) is 10.1. The fraction of sp³-hybridized carbons (Fsp3) is 0.417. The van der Waals surface area contributed by atoms with Crippen molar-refractivity contribution in [2.24, 2.45) is 5.92 Å². The zero-order valence-electron chi connectivity index (χ0n) is 9.07. The second kappa shape index (κ2) is 4.39. The predicted octanol–water partition coefficient (Wildman–Crippen LogP) is 2.29. The molecule has 3 nitrogen and oxygen atoms in total. The van der Waals surface area contributed by atoms with E-state index < -0.39 is 0 Å². The molecule has 84 valence electrons. The molecule has 4 heteroatoms. The maximum atomic E-state index is 4.46. The summed E-state index contributed by atoms with van der Waals surface area (Å²) in [6.45, 7) is 2.29. The number of nitrogens with zero attached hydrogens (tertiary/aromatic N) is 1. The smallest absolute Gasteiger partial charge is 0.106 e. The second-order valence-electron chi connectivity index (χ2n) is 4.28. The lowest BCUT2D eigenvalue weighted by Gasteiger charge is -2.04. The number of rotatable bonds is 3. The zero-order chi connectivity index (χ0) is 10.8. The Bertz CT molecular complexity index is 441. The molecule has 16 heavy (non-hydrogen) atoms. The third-order valence-electron chi connectivity index (χ3n) is 3.06. The molecule has 2 aromatic rings. The number of thiophene rings is 1. The first-order chi connectivity index (χ1) is 7.92. The van der Waals surface area contributed by atoms with Gasteiger partial charge in [0.2, 0.25) is 0 Å². The van der Waals surface area contributed by atoms with E-state index in [0.717, 1.165) is 36.9 Å². The van der Waals surface area contributed by atoms with Gasteiger partial charge in [-0.25, -0.2) is 4.98 Å². The SMILES string of the molecule is c1csc(-c2cnc(CC3CCNC3)[nH]2)c1. The molecule has 0 aliphatic carbocycles. The Hall–Kier alpha value is -1.13. The van der Waals surface area contributed by atoms with Gasteiger partial charge in [-0.15, -0.1) is 11.3 Å². The molecule has 0 spiro atoms. The minimum absolute atomic E-state index is 0.752. The normalized spacial score (nSPS) is 20.4. The van der Waals surface area contributed by atoms with Gasteiger partial charge in [0.05, 0.1) is 16.8 Å². The summed E-state index contributed by atoms with van der Waals surface area (Å²) in [6, 6.07) is 4.19. The molecule has 1 atom stereocenters. The molecule has 0 bridgehead atoms. The summed E-state index contributed by atoms with van der Waals surface area (Å²) in [4.78, 5) is 9.14. The Kier molecular flexibility index (Phi) is 2.76. The van der Waals surface area contributed by atoms with Gasteiger partial charge in [-0.2, -0.15) is 0 Å². The van der Waals surface area contributed by atoms with E-state index in [9.17, 15) is 0 Å². The quantitative estimate of drug-likeness (QED) is 0.854. The fourth-order valence-corrected chi connectivity index (χ4v) is 2.88. The molecule has 2 aromatic heterocycles. The summed E-state index contributed by atoms with van der Waals surface area (Å²) in [5.74, 6) is 1.87. The van der Waals surface area contributed by atoms with Gasteiger partial charge in [-0.05, 0) is 36.9 Å². The van der Waals surface area contributed by atoms with Crippen molar-refractivity contribution in [2.45, 2.75) is 12.8 Å². The minimum Gasteiger partial charge on any atom is -0.341 e. The van der Waals surface area contributed by atoms with Crippen LogP contribution in [0, 0.1) is 5.92 Å². The number of imidazole rings is 1. The molecule has 1 saturated heterocycles. The van der Waals surface area contributed by atoms with Crippen molar-refractivity contribution in [3.05, 3.63) is 29.5 Å². The summed E-state index contributed by atoms with van der Waals surface area (Å²) in [5.41, 5.74) is 1.15. The van der Waals surface area contributed by atoms with Crippen molar-refractivity contribution in [3.8, 4) is 10.6 Å². The third-order valence-corrected chi connectivity index (χ3v) is 3.96. The standard InChI is InChI=1S/C12H15N3S/c1-2-11(16-5-1)10-8-14-12(15-10)6-9-3-4-13-7-9/h1-2,5,8-9,13H,3-4,6-7H2,(H,14,15). The van der Waals surface area contributed by atoms with Crippen molar-refractivity contribution in [1.82, 2.24) is 15.3 Å². The molecule has 3 heterocycles. The first-order valence-electron chi connectivity index (χ1n) is 5.70. The maximum absolute atomic E-state index is 4.46. The molecule has 0 radical (unpaired) electrons. The Morgan fingerprint density at radius 3 is 3.25 bits per heavy atom. The number of aromatic amines is 1. The lowest BCUT2D eigenvalue weighted by atomic mass is 10.1. The summed E-state index contributed by atoms with van der Waals surface area (Å²) in [5, 5.41) is 5.48. The number of H-pyrrole nitrogens is 1. The highest BCUT2D eigenvalue weighted by Gasteiger charge is 2.16. The van der Waals surface area contributed by atoms with Crippen LogP contribution < -0.4 is 5.32 Å². The Balaban J connectivity index is 1.72. The van der Waals surface area contributed by atoms with E-state index in [4.69, 9.17) is 0 Å². The molecular weight excluding hydrogens is 218 g/mol. The van der Waals surface area contributed by atoms with E-state index in [-0.39, 0.29) is 0 Å². The van der Waals surface area contributed by atoms with Crippen molar-refractivity contribution in [3.63, 3.8) is 0 Å². The van der Waals surface area contributed by atoms with Gasteiger partial charge in [0.15, 0.2) is 0 Å². The van der Waals surface area contributed by atoms with Gasteiger partial charge in [0.25, 0.3) is 0 Å². The van der Waals surface area contributed by atoms with Gasteiger partial charge in [-0.1, -0.05) is 6.07 Å². The van der Waals surface area contributed by atoms with Gasteiger partial charge in [-0.3, -0.25) is 0 Å². The van der Waals surface area contributed by atoms with Crippen LogP contribution in [-0.2, 0) is 6.42 Å². The van der Waals surface area contributed by atoms with Crippen molar-refractivity contribution < 1.29 is 0 Å². The monoisotopic (exact) mass is 233 g/mol. The van der Waals surface area contributed by atoms with Crippen LogP contribution in [0.4, 0.5) is 0 Å². The predicted molar refractivity (Wildman–Crippen MR) is 66.6 cm³/mol. The van der Waals surface area contributed by atoms with Gasteiger partial charge in [0, 0.05) is 6.42 Å². The van der Waals surface area contributed by atoms with E-state index in [2.05, 4.69) is 32.8 Å². The molecule has 1 aliphatic heterocycles. The van der Waals surface area contributed by atoms with Crippen LogP contribution in [0.5, 0.6) is 0 Å². The molecule has 1 fully saturated rings.